The van der Waals surface area contributed by atoms with Gasteiger partial charge in [-0.2, -0.15) is 0 Å². The van der Waals surface area contributed by atoms with E-state index in [1.165, 1.54) is 18.4 Å². The van der Waals surface area contributed by atoms with Crippen LogP contribution >= 0.6 is 0 Å². The summed E-state index contributed by atoms with van der Waals surface area (Å²) in [6.45, 7) is 26.1. The number of hydrogen-bond donors (Lipinski definition) is 0. The topological polar surface area (TPSA) is 0 Å². The Morgan fingerprint density at radius 1 is 0.615 bits per heavy atom. The summed E-state index contributed by atoms with van der Waals surface area (Å²) in [4.78, 5) is 0. The van der Waals surface area contributed by atoms with E-state index in [0.29, 0.717) is 23.7 Å². The van der Waals surface area contributed by atoms with Crippen molar-refractivity contribution < 1.29 is 0 Å². The van der Waals surface area contributed by atoms with Gasteiger partial charge in [0.25, 0.3) is 0 Å². The molecule has 0 heterocycles. The highest BCUT2D eigenvalue weighted by molar-refractivity contribution is 5.48. The predicted octanol–water partition coefficient (Wildman–Crippen LogP) is 8.28. The van der Waals surface area contributed by atoms with Gasteiger partial charge in [0, 0.05) is 0 Å². The van der Waals surface area contributed by atoms with Crippen LogP contribution in [0.4, 0.5) is 0 Å². The molecule has 26 heavy (non-hydrogen) atoms. The Hall–Kier alpha value is -1.04. The SMILES string of the molecule is CC1=C(C)C(C)C(C(C)CCC(C)C(C)C2=C(C)C(C)=C(C)C2C)=C1C. The Bertz CT molecular complexity index is 692. The molecular weight excluding hydrogens is 312 g/mol. The van der Waals surface area contributed by atoms with E-state index in [-0.39, 0.29) is 0 Å². The third-order valence-electron chi connectivity index (χ3n) is 8.34. The first kappa shape index (κ1) is 21.3. The first-order valence-corrected chi connectivity index (χ1v) is 10.8. The molecule has 5 atom stereocenters. The van der Waals surface area contributed by atoms with E-state index in [0.717, 1.165) is 5.92 Å². The van der Waals surface area contributed by atoms with Gasteiger partial charge in [0.1, 0.15) is 0 Å². The van der Waals surface area contributed by atoms with Crippen molar-refractivity contribution in [2.45, 2.75) is 89.0 Å². The zero-order valence-corrected chi connectivity index (χ0v) is 19.3. The molecule has 0 aromatic rings. The van der Waals surface area contributed by atoms with Crippen LogP contribution in [0.5, 0.6) is 0 Å². The summed E-state index contributed by atoms with van der Waals surface area (Å²) < 4.78 is 0. The fourth-order valence-electron chi connectivity index (χ4n) is 5.55. The Morgan fingerprint density at radius 2 is 1.04 bits per heavy atom. The van der Waals surface area contributed by atoms with Crippen molar-refractivity contribution >= 4 is 0 Å². The van der Waals surface area contributed by atoms with E-state index in [2.05, 4.69) is 76.2 Å². The van der Waals surface area contributed by atoms with Gasteiger partial charge in [0.2, 0.25) is 0 Å². The Balaban J connectivity index is 2.03. The standard InChI is InChI=1S/C26H42/c1-14(16(3)26-23(10)19(6)20(7)24(26)11)12-13-15(2)25-21(8)17(4)18(5)22(25)9/h14-16,21,23H,12-13H2,1-11H3. The first-order valence-electron chi connectivity index (χ1n) is 10.8. The molecular formula is C26H42. The average Bonchev–Trinajstić information content (AvgIpc) is 2.92. The van der Waals surface area contributed by atoms with Crippen LogP contribution in [-0.2, 0) is 0 Å². The smallest absolute Gasteiger partial charge is 0.000979 e. The van der Waals surface area contributed by atoms with Gasteiger partial charge in [-0.25, -0.2) is 0 Å². The van der Waals surface area contributed by atoms with Crippen LogP contribution in [0.1, 0.15) is 89.0 Å². The third-order valence-corrected chi connectivity index (χ3v) is 8.34. The molecule has 0 fully saturated rings. The highest BCUT2D eigenvalue weighted by Gasteiger charge is 2.31. The lowest BCUT2D eigenvalue weighted by Crippen LogP contribution is -2.17. The van der Waals surface area contributed by atoms with E-state index >= 15 is 0 Å². The number of hydrogen-bond acceptors (Lipinski definition) is 0. The molecule has 0 saturated carbocycles. The number of allylic oxidation sites excluding steroid dienone is 8. The summed E-state index contributed by atoms with van der Waals surface area (Å²) in [5.74, 6) is 3.41. The molecule has 0 heteroatoms. The molecule has 0 spiro atoms. The van der Waals surface area contributed by atoms with Crippen LogP contribution in [0.3, 0.4) is 0 Å². The van der Waals surface area contributed by atoms with Crippen molar-refractivity contribution in [2.24, 2.45) is 29.6 Å². The van der Waals surface area contributed by atoms with E-state index in [1.807, 2.05) is 0 Å². The predicted molar refractivity (Wildman–Crippen MR) is 117 cm³/mol. The first-order chi connectivity index (χ1) is 12.0. The molecule has 0 radical (unpaired) electrons. The average molecular weight is 355 g/mol. The molecule has 5 unspecified atom stereocenters. The molecule has 0 amide bonds. The summed E-state index contributed by atoms with van der Waals surface area (Å²) in [6.07, 6.45) is 2.64. The van der Waals surface area contributed by atoms with Crippen molar-refractivity contribution in [3.05, 3.63) is 44.6 Å². The zero-order chi connectivity index (χ0) is 19.9. The van der Waals surface area contributed by atoms with Crippen molar-refractivity contribution in [2.75, 3.05) is 0 Å². The van der Waals surface area contributed by atoms with E-state index in [9.17, 15) is 0 Å². The van der Waals surface area contributed by atoms with E-state index < -0.39 is 0 Å². The quantitative estimate of drug-likeness (QED) is 0.450. The normalized spacial score (nSPS) is 27.8. The second kappa shape index (κ2) is 7.91. The molecule has 2 rings (SSSR count). The minimum atomic E-state index is 0.638. The van der Waals surface area contributed by atoms with Crippen molar-refractivity contribution in [1.29, 1.82) is 0 Å². The Kier molecular flexibility index (Phi) is 6.47. The summed E-state index contributed by atoms with van der Waals surface area (Å²) in [5.41, 5.74) is 12.8. The van der Waals surface area contributed by atoms with Crippen molar-refractivity contribution in [3.8, 4) is 0 Å². The number of rotatable bonds is 6. The van der Waals surface area contributed by atoms with Crippen LogP contribution < -0.4 is 0 Å². The second-order valence-electron chi connectivity index (χ2n) is 9.46. The molecule has 2 aliphatic carbocycles. The molecule has 0 aromatic heterocycles. The van der Waals surface area contributed by atoms with Gasteiger partial charge in [-0.1, -0.05) is 56.9 Å². The largest absolute Gasteiger partial charge is 0.0632 e. The maximum absolute atomic E-state index is 2.47. The van der Waals surface area contributed by atoms with Gasteiger partial charge in [-0.3, -0.25) is 0 Å². The fraction of sp³-hybridized carbons (Fsp3) is 0.692. The second-order valence-corrected chi connectivity index (χ2v) is 9.46. The summed E-state index contributed by atoms with van der Waals surface area (Å²) in [5, 5.41) is 0. The molecule has 0 bridgehead atoms. The molecule has 0 saturated heterocycles. The third kappa shape index (κ3) is 3.54. The minimum Gasteiger partial charge on any atom is -0.0632 e. The van der Waals surface area contributed by atoms with Crippen LogP contribution in [0.25, 0.3) is 0 Å². The van der Waals surface area contributed by atoms with Gasteiger partial charge in [-0.05, 0) is 106 Å². The fourth-order valence-corrected chi connectivity index (χ4v) is 5.55. The van der Waals surface area contributed by atoms with Crippen molar-refractivity contribution in [3.63, 3.8) is 0 Å². The zero-order valence-electron chi connectivity index (χ0n) is 19.3. The Labute approximate surface area is 163 Å². The van der Waals surface area contributed by atoms with Gasteiger partial charge >= 0.3 is 0 Å². The summed E-state index contributed by atoms with van der Waals surface area (Å²) >= 11 is 0. The van der Waals surface area contributed by atoms with Crippen LogP contribution in [0.15, 0.2) is 44.6 Å². The molecule has 0 aromatic carbocycles. The highest BCUT2D eigenvalue weighted by Crippen LogP contribution is 2.45. The molecule has 2 aliphatic rings. The maximum atomic E-state index is 2.47. The highest BCUT2D eigenvalue weighted by atomic mass is 14.4. The van der Waals surface area contributed by atoms with Crippen LogP contribution in [0, 0.1) is 29.6 Å². The van der Waals surface area contributed by atoms with Crippen LogP contribution in [0.2, 0.25) is 0 Å². The molecule has 0 nitrogen and oxygen atoms in total. The van der Waals surface area contributed by atoms with Gasteiger partial charge in [0.05, 0.1) is 0 Å². The van der Waals surface area contributed by atoms with Gasteiger partial charge in [-0.15, -0.1) is 0 Å². The van der Waals surface area contributed by atoms with E-state index in [1.54, 1.807) is 39.0 Å². The lowest BCUT2D eigenvalue weighted by atomic mass is 9.77. The maximum Gasteiger partial charge on any atom is -0.000979 e. The molecule has 146 valence electrons. The van der Waals surface area contributed by atoms with Crippen LogP contribution in [-0.4, -0.2) is 0 Å². The van der Waals surface area contributed by atoms with Gasteiger partial charge in [0.15, 0.2) is 0 Å². The lowest BCUT2D eigenvalue weighted by molar-refractivity contribution is 0.359. The van der Waals surface area contributed by atoms with Gasteiger partial charge < -0.3 is 0 Å². The van der Waals surface area contributed by atoms with E-state index in [4.69, 9.17) is 0 Å². The monoisotopic (exact) mass is 354 g/mol. The minimum absolute atomic E-state index is 0.638. The summed E-state index contributed by atoms with van der Waals surface area (Å²) in [6, 6.07) is 0. The van der Waals surface area contributed by atoms with Crippen molar-refractivity contribution in [1.82, 2.24) is 0 Å². The molecule has 0 aliphatic heterocycles. The lowest BCUT2D eigenvalue weighted by Gasteiger charge is -2.28. The Morgan fingerprint density at radius 3 is 1.42 bits per heavy atom. The summed E-state index contributed by atoms with van der Waals surface area (Å²) in [7, 11) is 0. The molecule has 0 N–H and O–H groups in total.